The minimum atomic E-state index is 0.315. The van der Waals surface area contributed by atoms with Gasteiger partial charge in [0.25, 0.3) is 0 Å². The molecule has 2 aromatic heterocycles. The topological polar surface area (TPSA) is 88.8 Å². The number of hydrogen-bond donors (Lipinski definition) is 2. The van der Waals surface area contributed by atoms with E-state index in [0.717, 1.165) is 5.69 Å². The van der Waals surface area contributed by atoms with Gasteiger partial charge < -0.3 is 15.2 Å². The summed E-state index contributed by atoms with van der Waals surface area (Å²) in [5.41, 5.74) is 0.811. The minimum absolute atomic E-state index is 0.315. The SMILES string of the molecule is Cc1cc(Nc2nncc(Nc3cccc(Cl)c3)n2)no1. The standard InChI is InChI=1S/C13H11ClN6O/c1-8-5-11(20-21-8)17-13-18-12(7-15-19-13)16-10-4-2-3-9(14)6-10/h2-7H,1H3,(H2,16,17,18,19,20). The predicted molar refractivity (Wildman–Crippen MR) is 79.1 cm³/mol. The zero-order valence-corrected chi connectivity index (χ0v) is 11.8. The number of rotatable bonds is 4. The van der Waals surface area contributed by atoms with Crippen LogP contribution in [0.4, 0.5) is 23.3 Å². The molecule has 0 aliphatic rings. The zero-order chi connectivity index (χ0) is 14.7. The Labute approximate surface area is 125 Å². The predicted octanol–water partition coefficient (Wildman–Crippen LogP) is 3.31. The van der Waals surface area contributed by atoms with E-state index < -0.39 is 0 Å². The summed E-state index contributed by atoms with van der Waals surface area (Å²) in [5, 5.41) is 18.2. The van der Waals surface area contributed by atoms with Crippen molar-refractivity contribution in [2.75, 3.05) is 10.6 Å². The van der Waals surface area contributed by atoms with Gasteiger partial charge in [0.15, 0.2) is 11.6 Å². The van der Waals surface area contributed by atoms with Crippen LogP contribution < -0.4 is 10.6 Å². The van der Waals surface area contributed by atoms with Crippen molar-refractivity contribution in [2.24, 2.45) is 0 Å². The first-order chi connectivity index (χ1) is 10.2. The summed E-state index contributed by atoms with van der Waals surface area (Å²) in [4.78, 5) is 4.28. The Bertz CT molecular complexity index is 760. The Morgan fingerprint density at radius 1 is 1.14 bits per heavy atom. The van der Waals surface area contributed by atoms with Crippen molar-refractivity contribution in [3.05, 3.63) is 47.3 Å². The van der Waals surface area contributed by atoms with Crippen LogP contribution in [0.5, 0.6) is 0 Å². The van der Waals surface area contributed by atoms with E-state index in [1.807, 2.05) is 12.1 Å². The van der Waals surface area contributed by atoms with Crippen LogP contribution in [0.15, 0.2) is 41.1 Å². The summed E-state index contributed by atoms with van der Waals surface area (Å²) >= 11 is 5.93. The van der Waals surface area contributed by atoms with Gasteiger partial charge in [-0.1, -0.05) is 22.8 Å². The molecule has 2 heterocycles. The van der Waals surface area contributed by atoms with Gasteiger partial charge in [-0.05, 0) is 25.1 Å². The summed E-state index contributed by atoms with van der Waals surface area (Å²) in [6, 6.07) is 9.04. The molecule has 0 radical (unpaired) electrons. The van der Waals surface area contributed by atoms with Crippen LogP contribution in [-0.4, -0.2) is 20.3 Å². The van der Waals surface area contributed by atoms with Crippen LogP contribution in [0.25, 0.3) is 0 Å². The minimum Gasteiger partial charge on any atom is -0.360 e. The smallest absolute Gasteiger partial charge is 0.250 e. The van der Waals surface area contributed by atoms with Crippen molar-refractivity contribution in [1.82, 2.24) is 20.3 Å². The Kier molecular flexibility index (Phi) is 3.65. The summed E-state index contributed by atoms with van der Waals surface area (Å²) < 4.78 is 4.96. The lowest BCUT2D eigenvalue weighted by molar-refractivity contribution is 0.400. The van der Waals surface area contributed by atoms with E-state index in [1.165, 1.54) is 6.20 Å². The molecule has 2 N–H and O–H groups in total. The second-order valence-corrected chi connectivity index (χ2v) is 4.68. The van der Waals surface area contributed by atoms with Crippen LogP contribution in [0.3, 0.4) is 0 Å². The number of benzene rings is 1. The molecule has 3 aromatic rings. The first kappa shape index (κ1) is 13.3. The average molecular weight is 303 g/mol. The molecule has 7 nitrogen and oxygen atoms in total. The molecule has 0 aliphatic heterocycles. The number of hydrogen-bond acceptors (Lipinski definition) is 7. The Morgan fingerprint density at radius 3 is 2.81 bits per heavy atom. The maximum Gasteiger partial charge on any atom is 0.250 e. The van der Waals surface area contributed by atoms with Crippen molar-refractivity contribution in [1.29, 1.82) is 0 Å². The van der Waals surface area contributed by atoms with Gasteiger partial charge in [0.2, 0.25) is 5.95 Å². The van der Waals surface area contributed by atoms with Gasteiger partial charge in [-0.3, -0.25) is 0 Å². The third-order valence-corrected chi connectivity index (χ3v) is 2.76. The number of aromatic nitrogens is 4. The van der Waals surface area contributed by atoms with Crippen molar-refractivity contribution in [2.45, 2.75) is 6.92 Å². The van der Waals surface area contributed by atoms with Crippen molar-refractivity contribution >= 4 is 34.9 Å². The van der Waals surface area contributed by atoms with Gasteiger partial charge in [0.05, 0.1) is 6.20 Å². The Balaban J connectivity index is 1.76. The normalized spacial score (nSPS) is 10.4. The number of nitrogens with one attached hydrogen (secondary N) is 2. The number of anilines is 4. The van der Waals surface area contributed by atoms with Crippen molar-refractivity contribution in [3.8, 4) is 0 Å². The molecule has 0 atom stereocenters. The average Bonchev–Trinajstić information content (AvgIpc) is 2.84. The maximum atomic E-state index is 5.93. The monoisotopic (exact) mass is 302 g/mol. The van der Waals surface area contributed by atoms with Crippen molar-refractivity contribution < 1.29 is 4.52 Å². The molecule has 106 valence electrons. The summed E-state index contributed by atoms with van der Waals surface area (Å²) in [6.07, 6.45) is 1.51. The third kappa shape index (κ3) is 3.46. The van der Waals surface area contributed by atoms with Crippen LogP contribution >= 0.6 is 11.6 Å². The fourth-order valence-electron chi connectivity index (χ4n) is 1.67. The summed E-state index contributed by atoms with van der Waals surface area (Å²) in [7, 11) is 0. The lowest BCUT2D eigenvalue weighted by atomic mass is 10.3. The first-order valence-electron chi connectivity index (χ1n) is 6.12. The van der Waals surface area contributed by atoms with Crippen LogP contribution in [-0.2, 0) is 0 Å². The van der Waals surface area contributed by atoms with E-state index in [0.29, 0.717) is 28.4 Å². The zero-order valence-electron chi connectivity index (χ0n) is 11.0. The molecule has 0 spiro atoms. The summed E-state index contributed by atoms with van der Waals surface area (Å²) in [5.74, 6) is 2.07. The molecule has 0 bridgehead atoms. The quantitative estimate of drug-likeness (QED) is 0.764. The molecule has 0 aliphatic carbocycles. The molecule has 0 saturated heterocycles. The van der Waals surface area contributed by atoms with Crippen LogP contribution in [0.1, 0.15) is 5.76 Å². The molecule has 0 amide bonds. The molecule has 1 aromatic carbocycles. The van der Waals surface area contributed by atoms with Gasteiger partial charge in [0, 0.05) is 16.8 Å². The molecule has 8 heteroatoms. The van der Waals surface area contributed by atoms with E-state index in [2.05, 4.69) is 31.0 Å². The van der Waals surface area contributed by atoms with Gasteiger partial charge in [-0.25, -0.2) is 0 Å². The van der Waals surface area contributed by atoms with E-state index >= 15 is 0 Å². The molecule has 0 fully saturated rings. The molecule has 21 heavy (non-hydrogen) atoms. The van der Waals surface area contributed by atoms with E-state index in [9.17, 15) is 0 Å². The van der Waals surface area contributed by atoms with Crippen molar-refractivity contribution in [3.63, 3.8) is 0 Å². The molecular formula is C13H11ClN6O. The highest BCUT2D eigenvalue weighted by Crippen LogP contribution is 2.19. The lowest BCUT2D eigenvalue weighted by Gasteiger charge is -2.06. The molecule has 0 saturated carbocycles. The van der Waals surface area contributed by atoms with Crippen LogP contribution in [0.2, 0.25) is 5.02 Å². The number of nitrogens with zero attached hydrogens (tertiary/aromatic N) is 4. The van der Waals surface area contributed by atoms with Gasteiger partial charge in [-0.15, -0.1) is 5.10 Å². The summed E-state index contributed by atoms with van der Waals surface area (Å²) in [6.45, 7) is 1.80. The molecular weight excluding hydrogens is 292 g/mol. The number of halogens is 1. The highest BCUT2D eigenvalue weighted by Gasteiger charge is 2.05. The fourth-order valence-corrected chi connectivity index (χ4v) is 1.86. The molecule has 0 unspecified atom stereocenters. The van der Waals surface area contributed by atoms with E-state index in [1.54, 1.807) is 25.1 Å². The lowest BCUT2D eigenvalue weighted by Crippen LogP contribution is -2.02. The van der Waals surface area contributed by atoms with Crippen LogP contribution in [0, 0.1) is 6.92 Å². The fraction of sp³-hybridized carbons (Fsp3) is 0.0769. The second kappa shape index (κ2) is 5.76. The largest absolute Gasteiger partial charge is 0.360 e. The third-order valence-electron chi connectivity index (χ3n) is 2.52. The highest BCUT2D eigenvalue weighted by atomic mass is 35.5. The first-order valence-corrected chi connectivity index (χ1v) is 6.49. The van der Waals surface area contributed by atoms with Gasteiger partial charge >= 0.3 is 0 Å². The van der Waals surface area contributed by atoms with Gasteiger partial charge in [0.1, 0.15) is 5.76 Å². The van der Waals surface area contributed by atoms with Gasteiger partial charge in [-0.2, -0.15) is 10.1 Å². The van der Waals surface area contributed by atoms with E-state index in [4.69, 9.17) is 16.1 Å². The Hall–Kier alpha value is -2.67. The second-order valence-electron chi connectivity index (χ2n) is 4.25. The maximum absolute atomic E-state index is 5.93. The number of aryl methyl sites for hydroxylation is 1. The van der Waals surface area contributed by atoms with E-state index in [-0.39, 0.29) is 0 Å². The highest BCUT2D eigenvalue weighted by molar-refractivity contribution is 6.30. The molecule has 3 rings (SSSR count). The Morgan fingerprint density at radius 2 is 2.05 bits per heavy atom.